The molecular weight excluding hydrogens is 338 g/mol. The summed E-state index contributed by atoms with van der Waals surface area (Å²) in [5.41, 5.74) is 4.55. The minimum Gasteiger partial charge on any atom is -0.494 e. The molecular formula is C22H23N3O2. The Bertz CT molecular complexity index is 907. The van der Waals surface area contributed by atoms with E-state index in [1.807, 2.05) is 67.6 Å². The van der Waals surface area contributed by atoms with Crippen LogP contribution in [0.15, 0.2) is 66.9 Å². The number of urea groups is 1. The minimum absolute atomic E-state index is 0.296. The number of carbonyl (C=O) groups excluding carboxylic acids is 1. The molecule has 0 aliphatic carbocycles. The van der Waals surface area contributed by atoms with Crippen molar-refractivity contribution in [1.82, 2.24) is 4.98 Å². The van der Waals surface area contributed by atoms with Gasteiger partial charge in [-0.1, -0.05) is 25.1 Å². The molecule has 3 aromatic rings. The standard InChI is InChI=1S/C22H23N3O2/c1-3-13-27-21-6-4-5-20(15-21)25-22(26)24-19-9-7-17(8-10-19)18-11-12-23-16(2)14-18/h4-12,14-15H,3,13H2,1-2H3,(H2,24,25,26). The third-order valence-electron chi connectivity index (χ3n) is 3.94. The van der Waals surface area contributed by atoms with E-state index in [-0.39, 0.29) is 6.03 Å². The van der Waals surface area contributed by atoms with E-state index in [2.05, 4.69) is 22.5 Å². The van der Waals surface area contributed by atoms with E-state index in [0.29, 0.717) is 12.3 Å². The van der Waals surface area contributed by atoms with E-state index in [1.54, 1.807) is 6.20 Å². The van der Waals surface area contributed by atoms with Crippen LogP contribution < -0.4 is 15.4 Å². The Labute approximate surface area is 159 Å². The second-order valence-corrected chi connectivity index (χ2v) is 6.22. The van der Waals surface area contributed by atoms with E-state index < -0.39 is 0 Å². The molecule has 0 unspecified atom stereocenters. The number of hydrogen-bond donors (Lipinski definition) is 2. The number of nitrogens with zero attached hydrogens (tertiary/aromatic N) is 1. The quantitative estimate of drug-likeness (QED) is 0.610. The summed E-state index contributed by atoms with van der Waals surface area (Å²) in [6.45, 7) is 4.67. The van der Waals surface area contributed by atoms with E-state index in [0.717, 1.165) is 34.7 Å². The van der Waals surface area contributed by atoms with Crippen molar-refractivity contribution in [1.29, 1.82) is 0 Å². The predicted molar refractivity (Wildman–Crippen MR) is 109 cm³/mol. The Balaban J connectivity index is 1.61. The zero-order valence-electron chi connectivity index (χ0n) is 15.5. The van der Waals surface area contributed by atoms with Crippen LogP contribution in [0.5, 0.6) is 5.75 Å². The third kappa shape index (κ3) is 5.31. The molecule has 0 saturated carbocycles. The Kier molecular flexibility index (Phi) is 6.05. The maximum atomic E-state index is 12.2. The van der Waals surface area contributed by atoms with Crippen LogP contribution in [-0.4, -0.2) is 17.6 Å². The molecule has 1 aromatic heterocycles. The number of rotatable bonds is 6. The Morgan fingerprint density at radius 1 is 0.963 bits per heavy atom. The van der Waals surface area contributed by atoms with Crippen LogP contribution in [0.4, 0.5) is 16.2 Å². The molecule has 1 heterocycles. The van der Waals surface area contributed by atoms with E-state index in [1.165, 1.54) is 0 Å². The van der Waals surface area contributed by atoms with Crippen molar-refractivity contribution in [3.63, 3.8) is 0 Å². The van der Waals surface area contributed by atoms with E-state index in [4.69, 9.17) is 4.74 Å². The number of pyridine rings is 1. The van der Waals surface area contributed by atoms with Gasteiger partial charge < -0.3 is 15.4 Å². The SMILES string of the molecule is CCCOc1cccc(NC(=O)Nc2ccc(-c3ccnc(C)c3)cc2)c1. The molecule has 0 fully saturated rings. The molecule has 138 valence electrons. The Morgan fingerprint density at radius 2 is 1.74 bits per heavy atom. The smallest absolute Gasteiger partial charge is 0.323 e. The lowest BCUT2D eigenvalue weighted by atomic mass is 10.1. The molecule has 0 bridgehead atoms. The highest BCUT2D eigenvalue weighted by molar-refractivity contribution is 6.00. The summed E-state index contributed by atoms with van der Waals surface area (Å²) in [4.78, 5) is 16.4. The molecule has 0 saturated heterocycles. The maximum absolute atomic E-state index is 12.2. The van der Waals surface area contributed by atoms with Crippen molar-refractivity contribution in [3.05, 3.63) is 72.6 Å². The fraction of sp³-hybridized carbons (Fsp3) is 0.182. The zero-order chi connectivity index (χ0) is 19.1. The summed E-state index contributed by atoms with van der Waals surface area (Å²) in [5, 5.41) is 5.66. The Morgan fingerprint density at radius 3 is 2.48 bits per heavy atom. The number of hydrogen-bond acceptors (Lipinski definition) is 3. The summed E-state index contributed by atoms with van der Waals surface area (Å²) >= 11 is 0. The van der Waals surface area contributed by atoms with E-state index >= 15 is 0 Å². The van der Waals surface area contributed by atoms with Crippen LogP contribution in [0.2, 0.25) is 0 Å². The summed E-state index contributed by atoms with van der Waals surface area (Å²) in [7, 11) is 0. The molecule has 0 aliphatic rings. The van der Waals surface area contributed by atoms with Crippen molar-refractivity contribution in [3.8, 4) is 16.9 Å². The zero-order valence-corrected chi connectivity index (χ0v) is 15.5. The Hall–Kier alpha value is -3.34. The molecule has 27 heavy (non-hydrogen) atoms. The molecule has 0 aliphatic heterocycles. The van der Waals surface area contributed by atoms with Crippen LogP contribution in [0, 0.1) is 6.92 Å². The molecule has 0 spiro atoms. The molecule has 2 amide bonds. The monoisotopic (exact) mass is 361 g/mol. The average molecular weight is 361 g/mol. The normalized spacial score (nSPS) is 10.3. The highest BCUT2D eigenvalue weighted by Crippen LogP contribution is 2.22. The van der Waals surface area contributed by atoms with Crippen molar-refractivity contribution in [2.24, 2.45) is 0 Å². The molecule has 2 aromatic carbocycles. The number of benzene rings is 2. The van der Waals surface area contributed by atoms with Crippen molar-refractivity contribution in [2.45, 2.75) is 20.3 Å². The first-order chi connectivity index (χ1) is 13.1. The number of ether oxygens (including phenoxy) is 1. The van der Waals surface area contributed by atoms with Gasteiger partial charge in [-0.05, 0) is 60.9 Å². The molecule has 5 heteroatoms. The number of anilines is 2. The van der Waals surface area contributed by atoms with Gasteiger partial charge in [-0.3, -0.25) is 4.98 Å². The van der Waals surface area contributed by atoms with Gasteiger partial charge in [0.2, 0.25) is 0 Å². The molecule has 5 nitrogen and oxygen atoms in total. The lowest BCUT2D eigenvalue weighted by Gasteiger charge is -2.10. The third-order valence-corrected chi connectivity index (χ3v) is 3.94. The van der Waals surface area contributed by atoms with Gasteiger partial charge in [0.15, 0.2) is 0 Å². The largest absolute Gasteiger partial charge is 0.494 e. The van der Waals surface area contributed by atoms with Gasteiger partial charge in [0, 0.05) is 29.3 Å². The maximum Gasteiger partial charge on any atom is 0.323 e. The van der Waals surface area contributed by atoms with Crippen molar-refractivity contribution in [2.75, 3.05) is 17.2 Å². The number of nitrogens with one attached hydrogen (secondary N) is 2. The fourth-order valence-corrected chi connectivity index (χ4v) is 2.65. The van der Waals surface area contributed by atoms with Gasteiger partial charge in [0.25, 0.3) is 0 Å². The minimum atomic E-state index is -0.296. The van der Waals surface area contributed by atoms with Crippen LogP contribution in [0.3, 0.4) is 0 Å². The summed E-state index contributed by atoms with van der Waals surface area (Å²) in [6.07, 6.45) is 2.73. The molecule has 2 N–H and O–H groups in total. The van der Waals surface area contributed by atoms with Gasteiger partial charge in [0.05, 0.1) is 6.61 Å². The number of amides is 2. The lowest BCUT2D eigenvalue weighted by Crippen LogP contribution is -2.19. The molecule has 0 radical (unpaired) electrons. The first-order valence-electron chi connectivity index (χ1n) is 8.98. The number of aryl methyl sites for hydroxylation is 1. The van der Waals surface area contributed by atoms with Crippen molar-refractivity contribution < 1.29 is 9.53 Å². The van der Waals surface area contributed by atoms with Gasteiger partial charge >= 0.3 is 6.03 Å². The second-order valence-electron chi connectivity index (χ2n) is 6.22. The van der Waals surface area contributed by atoms with Crippen LogP contribution in [-0.2, 0) is 0 Å². The predicted octanol–water partition coefficient (Wildman–Crippen LogP) is 5.49. The van der Waals surface area contributed by atoms with Gasteiger partial charge in [-0.25, -0.2) is 4.79 Å². The first-order valence-corrected chi connectivity index (χ1v) is 8.98. The second kappa shape index (κ2) is 8.85. The van der Waals surface area contributed by atoms with Crippen molar-refractivity contribution >= 4 is 17.4 Å². The van der Waals surface area contributed by atoms with Gasteiger partial charge in [-0.15, -0.1) is 0 Å². The summed E-state index contributed by atoms with van der Waals surface area (Å²) in [5.74, 6) is 0.742. The molecule has 3 rings (SSSR count). The topological polar surface area (TPSA) is 63.2 Å². The first kappa shape index (κ1) is 18.5. The van der Waals surface area contributed by atoms with E-state index in [9.17, 15) is 4.79 Å². The summed E-state index contributed by atoms with van der Waals surface area (Å²) < 4.78 is 5.58. The highest BCUT2D eigenvalue weighted by atomic mass is 16.5. The summed E-state index contributed by atoms with van der Waals surface area (Å²) in [6, 6.07) is 18.8. The van der Waals surface area contributed by atoms with Crippen LogP contribution in [0.1, 0.15) is 19.0 Å². The number of carbonyl (C=O) groups is 1. The number of aromatic nitrogens is 1. The van der Waals surface area contributed by atoms with Crippen LogP contribution in [0.25, 0.3) is 11.1 Å². The van der Waals surface area contributed by atoms with Crippen LogP contribution >= 0.6 is 0 Å². The van der Waals surface area contributed by atoms with Gasteiger partial charge in [0.1, 0.15) is 5.75 Å². The molecule has 0 atom stereocenters. The lowest BCUT2D eigenvalue weighted by molar-refractivity contribution is 0.262. The average Bonchev–Trinajstić information content (AvgIpc) is 2.67. The van der Waals surface area contributed by atoms with Gasteiger partial charge in [-0.2, -0.15) is 0 Å². The highest BCUT2D eigenvalue weighted by Gasteiger charge is 2.05. The fourth-order valence-electron chi connectivity index (χ4n) is 2.65.